The van der Waals surface area contributed by atoms with Crippen molar-refractivity contribution >= 4 is 12.0 Å². The lowest BCUT2D eigenvalue weighted by molar-refractivity contribution is -0.121. The summed E-state index contributed by atoms with van der Waals surface area (Å²) in [5.41, 5.74) is 0.475. The van der Waals surface area contributed by atoms with Gasteiger partial charge in [0.15, 0.2) is 0 Å². The van der Waals surface area contributed by atoms with Crippen molar-refractivity contribution in [3.05, 3.63) is 35.6 Å². The van der Waals surface area contributed by atoms with Crippen LogP contribution in [0.3, 0.4) is 0 Å². The Labute approximate surface area is 97.5 Å². The lowest BCUT2D eigenvalue weighted by atomic mass is 9.95. The van der Waals surface area contributed by atoms with E-state index in [1.165, 1.54) is 24.3 Å². The zero-order valence-electron chi connectivity index (χ0n) is 8.81. The molecule has 0 heterocycles. The number of halogens is 1. The van der Waals surface area contributed by atoms with E-state index in [1.54, 1.807) is 5.32 Å². The fraction of sp³-hybridized carbons (Fsp3) is 0.167. The normalized spacial score (nSPS) is 11.3. The van der Waals surface area contributed by atoms with Crippen LogP contribution < -0.4 is 5.32 Å². The Morgan fingerprint density at radius 1 is 1.41 bits per heavy atom. The molecule has 1 atom stereocenters. The van der Waals surface area contributed by atoms with E-state index in [-0.39, 0.29) is 6.42 Å². The van der Waals surface area contributed by atoms with Crippen molar-refractivity contribution in [3.63, 3.8) is 0 Å². The first-order chi connectivity index (χ1) is 8.04. The number of terminal acetylenes is 1. The number of hydrogen-bond acceptors (Lipinski definition) is 2. The predicted octanol–water partition coefficient (Wildman–Crippen LogP) is 1.73. The minimum atomic E-state index is -1.45. The third-order valence-electron chi connectivity index (χ3n) is 2.14. The number of amides is 2. The zero-order chi connectivity index (χ0) is 12.8. The number of carbonyl (C=O) groups excluding carboxylic acids is 1. The SMILES string of the molecule is C#CCC(C(=O)NC(=O)O)c1ccc(F)cc1. The average molecular weight is 235 g/mol. The molecule has 0 saturated carbocycles. The molecule has 2 N–H and O–H groups in total. The maximum atomic E-state index is 12.7. The Kier molecular flexibility index (Phi) is 4.23. The summed E-state index contributed by atoms with van der Waals surface area (Å²) in [4.78, 5) is 21.9. The van der Waals surface area contributed by atoms with Crippen molar-refractivity contribution in [1.82, 2.24) is 5.32 Å². The highest BCUT2D eigenvalue weighted by Gasteiger charge is 2.21. The van der Waals surface area contributed by atoms with E-state index in [0.717, 1.165) is 0 Å². The summed E-state index contributed by atoms with van der Waals surface area (Å²) in [6, 6.07) is 5.18. The van der Waals surface area contributed by atoms with Gasteiger partial charge in [0.25, 0.3) is 0 Å². The molecule has 0 radical (unpaired) electrons. The summed E-state index contributed by atoms with van der Waals surface area (Å²) in [5.74, 6) is 0.334. The molecule has 5 heteroatoms. The number of imide groups is 1. The standard InChI is InChI=1S/C12H10FNO3/c1-2-3-10(11(15)14-12(16)17)8-4-6-9(13)7-5-8/h1,4-7,10H,3H2,(H,14,15)(H,16,17). The van der Waals surface area contributed by atoms with Crippen LogP contribution in [0.4, 0.5) is 9.18 Å². The van der Waals surface area contributed by atoms with E-state index in [4.69, 9.17) is 11.5 Å². The highest BCUT2D eigenvalue weighted by atomic mass is 19.1. The lowest BCUT2D eigenvalue weighted by Gasteiger charge is -2.12. The smallest absolute Gasteiger partial charge is 0.411 e. The van der Waals surface area contributed by atoms with Gasteiger partial charge in [0.2, 0.25) is 5.91 Å². The number of carbonyl (C=O) groups is 2. The van der Waals surface area contributed by atoms with Crippen molar-refractivity contribution in [2.24, 2.45) is 0 Å². The monoisotopic (exact) mass is 235 g/mol. The summed E-state index contributed by atoms with van der Waals surface area (Å²) < 4.78 is 12.7. The zero-order valence-corrected chi connectivity index (χ0v) is 8.81. The number of benzene rings is 1. The summed E-state index contributed by atoms with van der Waals surface area (Å²) in [5, 5.41) is 10.2. The molecule has 4 nitrogen and oxygen atoms in total. The van der Waals surface area contributed by atoms with Crippen LogP contribution in [0.25, 0.3) is 0 Å². The molecule has 0 aliphatic heterocycles. The molecule has 17 heavy (non-hydrogen) atoms. The summed E-state index contributed by atoms with van der Waals surface area (Å²) in [6.45, 7) is 0. The first-order valence-electron chi connectivity index (χ1n) is 4.77. The molecule has 0 bridgehead atoms. The van der Waals surface area contributed by atoms with Crippen LogP contribution in [0.1, 0.15) is 17.9 Å². The lowest BCUT2D eigenvalue weighted by Crippen LogP contribution is -2.33. The Balaban J connectivity index is 2.93. The Morgan fingerprint density at radius 2 is 2.00 bits per heavy atom. The van der Waals surface area contributed by atoms with Gasteiger partial charge in [-0.05, 0) is 17.7 Å². The molecule has 0 aromatic heterocycles. The molecule has 0 spiro atoms. The number of rotatable bonds is 3. The molecule has 2 amide bonds. The fourth-order valence-corrected chi connectivity index (χ4v) is 1.37. The third kappa shape index (κ3) is 3.61. The van der Waals surface area contributed by atoms with Crippen LogP contribution in [0, 0.1) is 18.2 Å². The number of nitrogens with one attached hydrogen (secondary N) is 1. The largest absolute Gasteiger partial charge is 0.465 e. The van der Waals surface area contributed by atoms with Gasteiger partial charge >= 0.3 is 6.09 Å². The quantitative estimate of drug-likeness (QED) is 0.784. The summed E-state index contributed by atoms with van der Waals surface area (Å²) in [7, 11) is 0. The molecule has 0 fully saturated rings. The molecular formula is C12H10FNO3. The second kappa shape index (κ2) is 5.66. The Hall–Kier alpha value is -2.35. The Morgan fingerprint density at radius 3 is 2.47 bits per heavy atom. The first-order valence-corrected chi connectivity index (χ1v) is 4.77. The van der Waals surface area contributed by atoms with Crippen molar-refractivity contribution in [2.75, 3.05) is 0 Å². The van der Waals surface area contributed by atoms with Gasteiger partial charge < -0.3 is 5.11 Å². The van der Waals surface area contributed by atoms with Crippen LogP contribution in [0.2, 0.25) is 0 Å². The van der Waals surface area contributed by atoms with Crippen LogP contribution in [-0.2, 0) is 4.79 Å². The highest BCUT2D eigenvalue weighted by molar-refractivity contribution is 5.95. The van der Waals surface area contributed by atoms with Gasteiger partial charge in [0.05, 0.1) is 5.92 Å². The average Bonchev–Trinajstić information content (AvgIpc) is 2.26. The minimum absolute atomic E-state index is 0.0464. The molecule has 0 aliphatic rings. The van der Waals surface area contributed by atoms with Crippen LogP contribution in [0.15, 0.2) is 24.3 Å². The molecule has 1 rings (SSSR count). The van der Waals surface area contributed by atoms with Crippen molar-refractivity contribution in [1.29, 1.82) is 0 Å². The first kappa shape index (κ1) is 12.7. The molecular weight excluding hydrogens is 225 g/mol. The van der Waals surface area contributed by atoms with Crippen molar-refractivity contribution in [3.8, 4) is 12.3 Å². The van der Waals surface area contributed by atoms with Gasteiger partial charge in [0.1, 0.15) is 5.82 Å². The Bertz CT molecular complexity index is 462. The molecule has 1 unspecified atom stereocenters. The van der Waals surface area contributed by atoms with Crippen molar-refractivity contribution < 1.29 is 19.1 Å². The van der Waals surface area contributed by atoms with Gasteiger partial charge in [-0.15, -0.1) is 12.3 Å². The molecule has 1 aromatic carbocycles. The second-order valence-electron chi connectivity index (χ2n) is 3.31. The maximum Gasteiger partial charge on any atom is 0.411 e. The maximum absolute atomic E-state index is 12.7. The van der Waals surface area contributed by atoms with E-state index >= 15 is 0 Å². The van der Waals surface area contributed by atoms with E-state index in [0.29, 0.717) is 5.56 Å². The van der Waals surface area contributed by atoms with Gasteiger partial charge in [-0.1, -0.05) is 12.1 Å². The molecule has 0 saturated heterocycles. The van der Waals surface area contributed by atoms with Gasteiger partial charge in [0, 0.05) is 6.42 Å². The van der Waals surface area contributed by atoms with Gasteiger partial charge in [-0.25, -0.2) is 9.18 Å². The summed E-state index contributed by atoms with van der Waals surface area (Å²) in [6.07, 6.45) is 3.71. The van der Waals surface area contributed by atoms with E-state index in [9.17, 15) is 14.0 Å². The molecule has 88 valence electrons. The third-order valence-corrected chi connectivity index (χ3v) is 2.14. The topological polar surface area (TPSA) is 66.4 Å². The van der Waals surface area contributed by atoms with Gasteiger partial charge in [-0.3, -0.25) is 10.1 Å². The van der Waals surface area contributed by atoms with E-state index in [2.05, 4.69) is 5.92 Å². The van der Waals surface area contributed by atoms with Gasteiger partial charge in [-0.2, -0.15) is 0 Å². The highest BCUT2D eigenvalue weighted by Crippen LogP contribution is 2.19. The second-order valence-corrected chi connectivity index (χ2v) is 3.31. The molecule has 0 aliphatic carbocycles. The number of hydrogen-bond donors (Lipinski definition) is 2. The van der Waals surface area contributed by atoms with Crippen molar-refractivity contribution in [2.45, 2.75) is 12.3 Å². The predicted molar refractivity (Wildman–Crippen MR) is 58.8 cm³/mol. The minimum Gasteiger partial charge on any atom is -0.465 e. The van der Waals surface area contributed by atoms with E-state index in [1.807, 2.05) is 0 Å². The van der Waals surface area contributed by atoms with Crippen LogP contribution in [-0.4, -0.2) is 17.1 Å². The number of carboxylic acid groups (broad SMARTS) is 1. The summed E-state index contributed by atoms with van der Waals surface area (Å²) >= 11 is 0. The molecule has 1 aromatic rings. The van der Waals surface area contributed by atoms with Crippen LogP contribution >= 0.6 is 0 Å². The fourth-order valence-electron chi connectivity index (χ4n) is 1.37. The van der Waals surface area contributed by atoms with Crippen LogP contribution in [0.5, 0.6) is 0 Å². The van der Waals surface area contributed by atoms with E-state index < -0.39 is 23.7 Å².